The Kier molecular flexibility index (Phi) is 2.49. The summed E-state index contributed by atoms with van der Waals surface area (Å²) < 4.78 is 13.9. The van der Waals surface area contributed by atoms with Gasteiger partial charge in [-0.25, -0.2) is 4.39 Å². The van der Waals surface area contributed by atoms with Crippen molar-refractivity contribution < 1.29 is 9.50 Å². The van der Waals surface area contributed by atoms with Crippen molar-refractivity contribution >= 4 is 16.6 Å². The second-order valence-corrected chi connectivity index (χ2v) is 3.99. The molecular weight excluding hydrogens is 247 g/mol. The highest BCUT2D eigenvalue weighted by Crippen LogP contribution is 2.35. The van der Waals surface area contributed by atoms with Crippen molar-refractivity contribution in [2.45, 2.75) is 0 Å². The molecule has 1 aromatic carbocycles. The van der Waals surface area contributed by atoms with E-state index in [1.165, 1.54) is 24.4 Å². The van der Waals surface area contributed by atoms with Crippen molar-refractivity contribution in [1.82, 2.24) is 15.2 Å². The van der Waals surface area contributed by atoms with Gasteiger partial charge in [-0.15, -0.1) is 10.2 Å². The minimum absolute atomic E-state index is 0.00648. The molecule has 0 saturated heterocycles. The van der Waals surface area contributed by atoms with Gasteiger partial charge < -0.3 is 10.8 Å². The van der Waals surface area contributed by atoms with Crippen LogP contribution in [0.15, 0.2) is 36.7 Å². The number of fused-ring (bicyclic) bond motifs is 1. The Bertz CT molecular complexity index is 755. The normalized spacial score (nSPS) is 10.8. The van der Waals surface area contributed by atoms with Crippen molar-refractivity contribution in [3.8, 4) is 17.0 Å². The summed E-state index contributed by atoms with van der Waals surface area (Å²) in [5, 5.41) is 18.6. The first-order valence-electron chi connectivity index (χ1n) is 5.52. The van der Waals surface area contributed by atoms with Gasteiger partial charge in [-0.1, -0.05) is 6.07 Å². The lowest BCUT2D eigenvalue weighted by molar-refractivity contribution is 0.471. The number of pyridine rings is 1. The van der Waals surface area contributed by atoms with Gasteiger partial charge in [0.1, 0.15) is 17.3 Å². The van der Waals surface area contributed by atoms with E-state index in [1.807, 2.05) is 0 Å². The number of rotatable bonds is 1. The second-order valence-electron chi connectivity index (χ2n) is 3.99. The molecule has 0 saturated carbocycles. The third-order valence-electron chi connectivity index (χ3n) is 2.84. The zero-order valence-electron chi connectivity index (χ0n) is 9.71. The number of hydrogen-bond acceptors (Lipinski definition) is 5. The minimum Gasteiger partial charge on any atom is -0.507 e. The first kappa shape index (κ1) is 11.3. The molecule has 0 amide bonds. The van der Waals surface area contributed by atoms with Crippen LogP contribution in [0.1, 0.15) is 0 Å². The van der Waals surface area contributed by atoms with Gasteiger partial charge in [-0.05, 0) is 18.2 Å². The summed E-state index contributed by atoms with van der Waals surface area (Å²) in [5.41, 5.74) is 5.93. The molecular formula is C13H9FN4O. The van der Waals surface area contributed by atoms with Crippen LogP contribution in [0.4, 0.5) is 10.2 Å². The molecule has 6 heteroatoms. The third kappa shape index (κ3) is 1.74. The highest BCUT2D eigenvalue weighted by Gasteiger charge is 2.16. The molecule has 0 atom stereocenters. The van der Waals surface area contributed by atoms with Crippen molar-refractivity contribution in [3.05, 3.63) is 42.5 Å². The summed E-state index contributed by atoms with van der Waals surface area (Å²) in [7, 11) is 0. The molecule has 0 fully saturated rings. The Balaban J connectivity index is 2.41. The van der Waals surface area contributed by atoms with Gasteiger partial charge in [0.25, 0.3) is 0 Å². The smallest absolute Gasteiger partial charge is 0.154 e. The monoisotopic (exact) mass is 256 g/mol. The number of hydrogen-bond donors (Lipinski definition) is 2. The lowest BCUT2D eigenvalue weighted by Gasteiger charge is -2.08. The number of anilines is 1. The number of phenolic OH excluding ortho intramolecular Hbond substituents is 1. The zero-order valence-corrected chi connectivity index (χ0v) is 9.71. The van der Waals surface area contributed by atoms with E-state index >= 15 is 0 Å². The van der Waals surface area contributed by atoms with Crippen LogP contribution in [-0.2, 0) is 0 Å². The van der Waals surface area contributed by atoms with Gasteiger partial charge >= 0.3 is 0 Å². The quantitative estimate of drug-likeness (QED) is 0.696. The van der Waals surface area contributed by atoms with E-state index < -0.39 is 5.82 Å². The largest absolute Gasteiger partial charge is 0.507 e. The number of nitrogens with two attached hydrogens (primary N) is 1. The van der Waals surface area contributed by atoms with Crippen LogP contribution >= 0.6 is 0 Å². The highest BCUT2D eigenvalue weighted by molar-refractivity contribution is 5.99. The molecule has 0 aliphatic carbocycles. The van der Waals surface area contributed by atoms with Crippen LogP contribution in [0.3, 0.4) is 0 Å². The Hall–Kier alpha value is -2.76. The van der Waals surface area contributed by atoms with E-state index in [2.05, 4.69) is 15.2 Å². The van der Waals surface area contributed by atoms with Gasteiger partial charge in [-0.2, -0.15) is 0 Å². The molecule has 19 heavy (non-hydrogen) atoms. The van der Waals surface area contributed by atoms with E-state index in [-0.39, 0.29) is 22.8 Å². The van der Waals surface area contributed by atoms with Crippen molar-refractivity contribution in [1.29, 1.82) is 0 Å². The minimum atomic E-state index is -0.579. The summed E-state index contributed by atoms with van der Waals surface area (Å²) in [4.78, 5) is 3.97. The predicted molar refractivity (Wildman–Crippen MR) is 68.8 cm³/mol. The Morgan fingerprint density at radius 2 is 1.95 bits per heavy atom. The van der Waals surface area contributed by atoms with E-state index in [4.69, 9.17) is 5.73 Å². The van der Waals surface area contributed by atoms with E-state index in [1.54, 1.807) is 12.3 Å². The highest BCUT2D eigenvalue weighted by atomic mass is 19.1. The molecule has 2 aromatic heterocycles. The molecule has 3 rings (SSSR count). The molecule has 0 aliphatic rings. The van der Waals surface area contributed by atoms with Gasteiger partial charge in [-0.3, -0.25) is 4.98 Å². The van der Waals surface area contributed by atoms with E-state index in [0.717, 1.165) is 0 Å². The summed E-state index contributed by atoms with van der Waals surface area (Å²) >= 11 is 0. The van der Waals surface area contributed by atoms with Crippen LogP contribution in [-0.4, -0.2) is 20.3 Å². The first-order valence-corrected chi connectivity index (χ1v) is 5.52. The molecule has 3 aromatic rings. The van der Waals surface area contributed by atoms with Gasteiger partial charge in [0.15, 0.2) is 5.82 Å². The summed E-state index contributed by atoms with van der Waals surface area (Å²) in [6.45, 7) is 0. The number of aromatic nitrogens is 3. The van der Waals surface area contributed by atoms with Crippen molar-refractivity contribution in [2.75, 3.05) is 5.73 Å². The van der Waals surface area contributed by atoms with E-state index in [0.29, 0.717) is 10.8 Å². The number of nitrogen functional groups attached to an aromatic ring is 1. The molecule has 0 unspecified atom stereocenters. The summed E-state index contributed by atoms with van der Waals surface area (Å²) in [6.07, 6.45) is 3.08. The third-order valence-corrected chi connectivity index (χ3v) is 2.84. The molecule has 94 valence electrons. The van der Waals surface area contributed by atoms with Gasteiger partial charge in [0.05, 0.1) is 5.56 Å². The lowest BCUT2D eigenvalue weighted by atomic mass is 10.0. The van der Waals surface area contributed by atoms with Crippen LogP contribution in [0, 0.1) is 5.82 Å². The second kappa shape index (κ2) is 4.16. The van der Waals surface area contributed by atoms with Crippen molar-refractivity contribution in [2.24, 2.45) is 0 Å². The fraction of sp³-hybridized carbons (Fsp3) is 0. The number of halogens is 1. The maximum Gasteiger partial charge on any atom is 0.154 e. The molecule has 0 radical (unpaired) electrons. The Morgan fingerprint density at radius 3 is 2.74 bits per heavy atom. The number of benzene rings is 1. The molecule has 0 aliphatic heterocycles. The van der Waals surface area contributed by atoms with Crippen LogP contribution < -0.4 is 5.73 Å². The summed E-state index contributed by atoms with van der Waals surface area (Å²) in [6, 6.07) is 5.72. The Morgan fingerprint density at radius 1 is 1.11 bits per heavy atom. The fourth-order valence-corrected chi connectivity index (χ4v) is 1.95. The molecule has 0 spiro atoms. The van der Waals surface area contributed by atoms with Crippen molar-refractivity contribution in [3.63, 3.8) is 0 Å². The van der Waals surface area contributed by atoms with Crippen LogP contribution in [0.2, 0.25) is 0 Å². The SMILES string of the molecule is Nc1nnc(-c2c(O)cccc2F)c2cnccc12. The number of nitrogens with zero attached hydrogens (tertiary/aromatic N) is 3. The molecule has 3 N–H and O–H groups in total. The van der Waals surface area contributed by atoms with E-state index in [9.17, 15) is 9.50 Å². The van der Waals surface area contributed by atoms with Gasteiger partial charge in [0.2, 0.25) is 0 Å². The van der Waals surface area contributed by atoms with Crippen LogP contribution in [0.25, 0.3) is 22.0 Å². The average Bonchev–Trinajstić information content (AvgIpc) is 2.41. The van der Waals surface area contributed by atoms with Gasteiger partial charge in [0, 0.05) is 23.2 Å². The number of aromatic hydroxyl groups is 1. The maximum atomic E-state index is 13.9. The topological polar surface area (TPSA) is 84.9 Å². The maximum absolute atomic E-state index is 13.9. The average molecular weight is 256 g/mol. The lowest BCUT2D eigenvalue weighted by Crippen LogP contribution is -1.99. The number of phenols is 1. The Labute approximate surface area is 107 Å². The molecule has 2 heterocycles. The van der Waals surface area contributed by atoms with Crippen LogP contribution in [0.5, 0.6) is 5.75 Å². The summed E-state index contributed by atoms with van der Waals surface area (Å²) in [5.74, 6) is -0.551. The molecule has 0 bridgehead atoms. The standard InChI is InChI=1S/C13H9FN4O/c14-9-2-1-3-10(19)11(9)12-8-6-16-5-4-7(8)13(15)18-17-12/h1-6,19H,(H2,15,18). The predicted octanol–water partition coefficient (Wildman–Crippen LogP) is 2.12. The molecule has 5 nitrogen and oxygen atoms in total. The zero-order chi connectivity index (χ0) is 13.4. The first-order chi connectivity index (χ1) is 9.18. The fourth-order valence-electron chi connectivity index (χ4n) is 1.95.